The quantitative estimate of drug-likeness (QED) is 0.853. The van der Waals surface area contributed by atoms with Gasteiger partial charge in [-0.1, -0.05) is 19.9 Å². The number of halogens is 1. The Hall–Kier alpha value is -1.88. The maximum atomic E-state index is 13.9. The molecule has 0 unspecified atom stereocenters. The van der Waals surface area contributed by atoms with Crippen molar-refractivity contribution >= 4 is 0 Å². The fourth-order valence-corrected chi connectivity index (χ4v) is 2.03. The predicted octanol–water partition coefficient (Wildman–Crippen LogP) is 2.76. The zero-order valence-electron chi connectivity index (χ0n) is 12.0. The molecular weight excluding hydrogens is 257 g/mol. The molecule has 0 bridgehead atoms. The monoisotopic (exact) mass is 277 g/mol. The van der Waals surface area contributed by atoms with Gasteiger partial charge in [-0.05, 0) is 12.1 Å². The Morgan fingerprint density at radius 1 is 1.40 bits per heavy atom. The highest BCUT2D eigenvalue weighted by atomic mass is 19.1. The molecule has 108 valence electrons. The second-order valence-electron chi connectivity index (χ2n) is 4.92. The van der Waals surface area contributed by atoms with Gasteiger partial charge >= 0.3 is 0 Å². The van der Waals surface area contributed by atoms with E-state index in [2.05, 4.69) is 29.1 Å². The third kappa shape index (κ3) is 3.36. The van der Waals surface area contributed by atoms with E-state index in [-0.39, 0.29) is 5.82 Å². The molecular formula is C15H20FN3O. The fraction of sp³-hybridized carbons (Fsp3) is 0.400. The largest absolute Gasteiger partial charge is 0.496 e. The number of hydrogen-bond donors (Lipinski definition) is 2. The molecule has 1 aromatic heterocycles. The summed E-state index contributed by atoms with van der Waals surface area (Å²) in [6, 6.07) is 5.22. The number of ether oxygens (including phenoxy) is 1. The average molecular weight is 277 g/mol. The van der Waals surface area contributed by atoms with Gasteiger partial charge in [0.15, 0.2) is 0 Å². The van der Waals surface area contributed by atoms with Gasteiger partial charge in [-0.25, -0.2) is 9.37 Å². The van der Waals surface area contributed by atoms with Crippen LogP contribution < -0.4 is 10.1 Å². The lowest BCUT2D eigenvalue weighted by atomic mass is 10.1. The Morgan fingerprint density at radius 2 is 2.20 bits per heavy atom. The van der Waals surface area contributed by atoms with Crippen LogP contribution in [0.3, 0.4) is 0 Å². The topological polar surface area (TPSA) is 49.9 Å². The summed E-state index contributed by atoms with van der Waals surface area (Å²) < 4.78 is 19.2. The summed E-state index contributed by atoms with van der Waals surface area (Å²) in [6.07, 6.45) is 2.42. The highest BCUT2D eigenvalue weighted by Crippen LogP contribution is 2.31. The lowest BCUT2D eigenvalue weighted by Crippen LogP contribution is -2.25. The lowest BCUT2D eigenvalue weighted by Gasteiger charge is -2.07. The summed E-state index contributed by atoms with van der Waals surface area (Å²) in [7, 11) is 1.53. The van der Waals surface area contributed by atoms with E-state index in [0.29, 0.717) is 23.0 Å². The second kappa shape index (κ2) is 6.52. The molecule has 0 fully saturated rings. The van der Waals surface area contributed by atoms with Gasteiger partial charge in [0.2, 0.25) is 0 Å². The van der Waals surface area contributed by atoms with Gasteiger partial charge in [-0.15, -0.1) is 0 Å². The van der Waals surface area contributed by atoms with Gasteiger partial charge in [0.25, 0.3) is 0 Å². The van der Waals surface area contributed by atoms with Crippen molar-refractivity contribution in [3.8, 4) is 17.0 Å². The number of aromatic amines is 1. The number of methoxy groups -OCH3 is 1. The van der Waals surface area contributed by atoms with Gasteiger partial charge in [0.05, 0.1) is 24.6 Å². The van der Waals surface area contributed by atoms with Crippen molar-refractivity contribution in [3.05, 3.63) is 36.0 Å². The first kappa shape index (κ1) is 14.5. The standard InChI is InChI=1S/C15H20FN3O/c1-10(2)17-8-7-14-18-9-12(19-14)15-11(16)5-4-6-13(15)20-3/h4-6,9-10,17H,7-8H2,1-3H3,(H,18,19). The van der Waals surface area contributed by atoms with Gasteiger partial charge in [-0.3, -0.25) is 0 Å². The number of H-pyrrole nitrogens is 1. The van der Waals surface area contributed by atoms with Crippen LogP contribution in [-0.2, 0) is 6.42 Å². The number of imidazole rings is 1. The van der Waals surface area contributed by atoms with Crippen molar-refractivity contribution in [2.75, 3.05) is 13.7 Å². The summed E-state index contributed by atoms with van der Waals surface area (Å²) in [6.45, 7) is 5.02. The molecule has 0 aliphatic heterocycles. The normalized spacial score (nSPS) is 11.1. The van der Waals surface area contributed by atoms with Gasteiger partial charge in [-0.2, -0.15) is 0 Å². The third-order valence-corrected chi connectivity index (χ3v) is 3.01. The second-order valence-corrected chi connectivity index (χ2v) is 4.92. The van der Waals surface area contributed by atoms with E-state index in [1.807, 2.05) is 0 Å². The Morgan fingerprint density at radius 3 is 2.90 bits per heavy atom. The Labute approximate surface area is 118 Å². The van der Waals surface area contributed by atoms with Crippen LogP contribution in [0.15, 0.2) is 24.4 Å². The molecule has 0 aliphatic rings. The molecule has 5 heteroatoms. The fourth-order valence-electron chi connectivity index (χ4n) is 2.03. The van der Waals surface area contributed by atoms with E-state index >= 15 is 0 Å². The molecule has 2 aromatic rings. The molecule has 0 atom stereocenters. The van der Waals surface area contributed by atoms with E-state index in [1.165, 1.54) is 13.2 Å². The molecule has 1 aromatic carbocycles. The van der Waals surface area contributed by atoms with E-state index in [9.17, 15) is 4.39 Å². The number of aromatic nitrogens is 2. The highest BCUT2D eigenvalue weighted by molar-refractivity contribution is 5.67. The Kier molecular flexibility index (Phi) is 4.74. The molecule has 0 saturated carbocycles. The van der Waals surface area contributed by atoms with Crippen molar-refractivity contribution in [1.29, 1.82) is 0 Å². The van der Waals surface area contributed by atoms with Crippen molar-refractivity contribution in [3.63, 3.8) is 0 Å². The van der Waals surface area contributed by atoms with Gasteiger partial charge < -0.3 is 15.0 Å². The van der Waals surface area contributed by atoms with Crippen molar-refractivity contribution < 1.29 is 9.13 Å². The van der Waals surface area contributed by atoms with Crippen LogP contribution in [0.1, 0.15) is 19.7 Å². The maximum Gasteiger partial charge on any atom is 0.136 e. The van der Waals surface area contributed by atoms with Crippen LogP contribution in [0, 0.1) is 5.82 Å². The molecule has 2 N–H and O–H groups in total. The highest BCUT2D eigenvalue weighted by Gasteiger charge is 2.13. The smallest absolute Gasteiger partial charge is 0.136 e. The minimum absolute atomic E-state index is 0.320. The molecule has 0 aliphatic carbocycles. The SMILES string of the molecule is COc1cccc(F)c1-c1cnc(CCNC(C)C)[nH]1. The maximum absolute atomic E-state index is 13.9. The number of nitrogens with one attached hydrogen (secondary N) is 2. The van der Waals surface area contributed by atoms with Crippen LogP contribution in [0.5, 0.6) is 5.75 Å². The molecule has 0 saturated heterocycles. The average Bonchev–Trinajstić information content (AvgIpc) is 2.86. The zero-order chi connectivity index (χ0) is 14.5. The van der Waals surface area contributed by atoms with Crippen molar-refractivity contribution in [2.24, 2.45) is 0 Å². The Bertz CT molecular complexity index is 566. The van der Waals surface area contributed by atoms with Crippen molar-refractivity contribution in [2.45, 2.75) is 26.3 Å². The molecule has 20 heavy (non-hydrogen) atoms. The van der Waals surface area contributed by atoms with E-state index < -0.39 is 0 Å². The number of nitrogens with zero attached hydrogens (tertiary/aromatic N) is 1. The molecule has 0 amide bonds. The van der Waals surface area contributed by atoms with Crippen LogP contribution in [0.25, 0.3) is 11.3 Å². The molecule has 0 spiro atoms. The van der Waals surface area contributed by atoms with E-state index in [0.717, 1.165) is 18.8 Å². The minimum Gasteiger partial charge on any atom is -0.496 e. The number of rotatable bonds is 6. The lowest BCUT2D eigenvalue weighted by molar-refractivity contribution is 0.413. The summed E-state index contributed by atoms with van der Waals surface area (Å²) in [5.41, 5.74) is 1.06. The zero-order valence-corrected chi connectivity index (χ0v) is 12.0. The van der Waals surface area contributed by atoms with Crippen LogP contribution in [0.4, 0.5) is 4.39 Å². The van der Waals surface area contributed by atoms with Gasteiger partial charge in [0.1, 0.15) is 17.4 Å². The number of hydrogen-bond acceptors (Lipinski definition) is 3. The summed E-state index contributed by atoms with van der Waals surface area (Å²) in [5.74, 6) is 1.01. The van der Waals surface area contributed by atoms with E-state index in [4.69, 9.17) is 4.74 Å². The summed E-state index contributed by atoms with van der Waals surface area (Å²) in [4.78, 5) is 7.44. The predicted molar refractivity (Wildman–Crippen MR) is 77.4 cm³/mol. The summed E-state index contributed by atoms with van der Waals surface area (Å²) >= 11 is 0. The van der Waals surface area contributed by atoms with Crippen LogP contribution in [-0.4, -0.2) is 29.7 Å². The first-order chi connectivity index (χ1) is 9.61. The molecule has 1 heterocycles. The molecule has 2 rings (SSSR count). The first-order valence-corrected chi connectivity index (χ1v) is 6.72. The molecule has 4 nitrogen and oxygen atoms in total. The molecule has 0 radical (unpaired) electrons. The van der Waals surface area contributed by atoms with Crippen LogP contribution >= 0.6 is 0 Å². The van der Waals surface area contributed by atoms with Gasteiger partial charge in [0, 0.05) is 19.0 Å². The van der Waals surface area contributed by atoms with E-state index in [1.54, 1.807) is 18.3 Å². The minimum atomic E-state index is -0.320. The Balaban J connectivity index is 2.16. The van der Waals surface area contributed by atoms with Crippen molar-refractivity contribution in [1.82, 2.24) is 15.3 Å². The first-order valence-electron chi connectivity index (χ1n) is 6.72. The third-order valence-electron chi connectivity index (χ3n) is 3.01. The summed E-state index contributed by atoms with van der Waals surface area (Å²) in [5, 5.41) is 3.32. The van der Waals surface area contributed by atoms with Crippen LogP contribution in [0.2, 0.25) is 0 Å². The number of benzene rings is 1.